The first-order valence-corrected chi connectivity index (χ1v) is 8.31. The van der Waals surface area contributed by atoms with Gasteiger partial charge >= 0.3 is 0 Å². The van der Waals surface area contributed by atoms with Crippen LogP contribution in [0, 0.1) is 0 Å². The number of amides is 1. The number of nitrogens with one attached hydrogen (secondary N) is 1. The highest BCUT2D eigenvalue weighted by molar-refractivity contribution is 6.30. The van der Waals surface area contributed by atoms with Gasteiger partial charge in [0.15, 0.2) is 0 Å². The van der Waals surface area contributed by atoms with Gasteiger partial charge in [0.25, 0.3) is 11.5 Å². The van der Waals surface area contributed by atoms with Crippen molar-refractivity contribution >= 4 is 28.5 Å². The molecule has 4 rings (SSSR count). The molecule has 5 nitrogen and oxygen atoms in total. The zero-order valence-electron chi connectivity index (χ0n) is 13.0. The van der Waals surface area contributed by atoms with E-state index in [1.165, 1.54) is 6.07 Å². The number of nitrogens with zero attached hydrogens (tertiary/aromatic N) is 2. The zero-order chi connectivity index (χ0) is 16.7. The summed E-state index contributed by atoms with van der Waals surface area (Å²) in [6.45, 7) is 1.58. The monoisotopic (exact) mass is 341 g/mol. The van der Waals surface area contributed by atoms with Crippen LogP contribution in [0.2, 0.25) is 5.02 Å². The van der Waals surface area contributed by atoms with Gasteiger partial charge in [0.1, 0.15) is 11.3 Å². The number of likely N-dealkylation sites (tertiary alicyclic amines) is 1. The fourth-order valence-corrected chi connectivity index (χ4v) is 3.30. The number of hydrogen-bond acceptors (Lipinski definition) is 2. The molecular weight excluding hydrogens is 326 g/mol. The van der Waals surface area contributed by atoms with Crippen molar-refractivity contribution in [1.82, 2.24) is 14.5 Å². The van der Waals surface area contributed by atoms with E-state index in [1.807, 2.05) is 11.0 Å². The minimum absolute atomic E-state index is 0.0150. The molecule has 3 heterocycles. The van der Waals surface area contributed by atoms with Gasteiger partial charge in [0, 0.05) is 29.6 Å². The van der Waals surface area contributed by atoms with Crippen molar-refractivity contribution < 1.29 is 4.79 Å². The molecule has 24 heavy (non-hydrogen) atoms. The van der Waals surface area contributed by atoms with Crippen molar-refractivity contribution in [3.05, 3.63) is 63.5 Å². The number of carbonyl (C=O) groups excluding carboxylic acids is 1. The molecule has 1 N–H and O–H groups in total. The Kier molecular flexibility index (Phi) is 3.65. The van der Waals surface area contributed by atoms with Crippen LogP contribution in [0.5, 0.6) is 0 Å². The number of aromatic amines is 1. The van der Waals surface area contributed by atoms with Gasteiger partial charge in [-0.25, -0.2) is 0 Å². The third kappa shape index (κ3) is 2.51. The zero-order valence-corrected chi connectivity index (χ0v) is 13.7. The Morgan fingerprint density at radius 3 is 2.46 bits per heavy atom. The highest BCUT2D eigenvalue weighted by Gasteiger charge is 2.21. The summed E-state index contributed by atoms with van der Waals surface area (Å²) in [6.07, 6.45) is 2.09. The van der Waals surface area contributed by atoms with Crippen LogP contribution in [0.15, 0.2) is 47.3 Å². The van der Waals surface area contributed by atoms with Crippen LogP contribution in [0.25, 0.3) is 16.7 Å². The van der Waals surface area contributed by atoms with E-state index in [4.69, 9.17) is 11.6 Å². The number of fused-ring (bicyclic) bond motifs is 1. The predicted octanol–water partition coefficient (Wildman–Crippen LogP) is 3.21. The maximum absolute atomic E-state index is 12.6. The Morgan fingerprint density at radius 2 is 1.75 bits per heavy atom. The number of rotatable bonds is 2. The van der Waals surface area contributed by atoms with Crippen LogP contribution >= 0.6 is 11.6 Å². The first kappa shape index (κ1) is 15.0. The second-order valence-electron chi connectivity index (χ2n) is 5.97. The minimum Gasteiger partial charge on any atom is -0.337 e. The summed E-state index contributed by atoms with van der Waals surface area (Å²) in [5, 5.41) is 1.43. The number of pyridine rings is 1. The summed E-state index contributed by atoms with van der Waals surface area (Å²) in [5.41, 5.74) is 1.68. The maximum Gasteiger partial charge on any atom is 0.270 e. The molecule has 122 valence electrons. The fraction of sp³-hybridized carbons (Fsp3) is 0.222. The Morgan fingerprint density at radius 1 is 1.04 bits per heavy atom. The summed E-state index contributed by atoms with van der Waals surface area (Å²) in [4.78, 5) is 29.9. The van der Waals surface area contributed by atoms with E-state index < -0.39 is 0 Å². The smallest absolute Gasteiger partial charge is 0.270 e. The van der Waals surface area contributed by atoms with E-state index in [0.29, 0.717) is 22.1 Å². The lowest BCUT2D eigenvalue weighted by Gasteiger charge is -2.13. The summed E-state index contributed by atoms with van der Waals surface area (Å²) >= 11 is 5.93. The molecule has 6 heteroatoms. The van der Waals surface area contributed by atoms with Gasteiger partial charge < -0.3 is 9.88 Å². The van der Waals surface area contributed by atoms with Crippen molar-refractivity contribution in [1.29, 1.82) is 0 Å². The van der Waals surface area contributed by atoms with E-state index >= 15 is 0 Å². The number of hydrogen-bond donors (Lipinski definition) is 1. The second kappa shape index (κ2) is 5.83. The maximum atomic E-state index is 12.6. The average molecular weight is 342 g/mol. The number of aromatic nitrogens is 2. The minimum atomic E-state index is -0.160. The molecule has 1 aliphatic heterocycles. The number of benzene rings is 1. The van der Waals surface area contributed by atoms with Gasteiger partial charge in [-0.05, 0) is 49.2 Å². The molecule has 1 aromatic carbocycles. The van der Waals surface area contributed by atoms with Crippen LogP contribution in [0.3, 0.4) is 0 Å². The molecule has 3 aromatic rings. The molecule has 1 fully saturated rings. The molecule has 1 aliphatic rings. The number of halogens is 1. The lowest BCUT2D eigenvalue weighted by molar-refractivity contribution is 0.0788. The van der Waals surface area contributed by atoms with E-state index in [0.717, 1.165) is 31.3 Å². The molecule has 1 saturated heterocycles. The van der Waals surface area contributed by atoms with Crippen molar-refractivity contribution in [3.8, 4) is 5.69 Å². The third-order valence-corrected chi connectivity index (χ3v) is 4.64. The summed E-state index contributed by atoms with van der Waals surface area (Å²) in [5.74, 6) is -0.0150. The second-order valence-corrected chi connectivity index (χ2v) is 6.41. The van der Waals surface area contributed by atoms with E-state index in [-0.39, 0.29) is 11.5 Å². The predicted molar refractivity (Wildman–Crippen MR) is 94.0 cm³/mol. The van der Waals surface area contributed by atoms with Crippen LogP contribution in [0.4, 0.5) is 0 Å². The van der Waals surface area contributed by atoms with Crippen molar-refractivity contribution in [3.63, 3.8) is 0 Å². The molecule has 0 bridgehead atoms. The number of carbonyl (C=O) groups is 1. The fourth-order valence-electron chi connectivity index (χ4n) is 3.17. The van der Waals surface area contributed by atoms with Gasteiger partial charge in [-0.2, -0.15) is 0 Å². The summed E-state index contributed by atoms with van der Waals surface area (Å²) in [7, 11) is 0. The first-order chi connectivity index (χ1) is 11.6. The Bertz CT molecular complexity index is 966. The van der Waals surface area contributed by atoms with Crippen LogP contribution in [-0.4, -0.2) is 33.4 Å². The van der Waals surface area contributed by atoms with Gasteiger partial charge in [-0.15, -0.1) is 0 Å². The van der Waals surface area contributed by atoms with Gasteiger partial charge in [-0.3, -0.25) is 14.2 Å². The van der Waals surface area contributed by atoms with Crippen LogP contribution < -0.4 is 5.56 Å². The molecule has 1 amide bonds. The first-order valence-electron chi connectivity index (χ1n) is 7.93. The molecule has 0 saturated carbocycles. The molecule has 0 radical (unpaired) electrons. The molecule has 0 spiro atoms. The van der Waals surface area contributed by atoms with E-state index in [1.54, 1.807) is 34.9 Å². The SMILES string of the molecule is O=C(c1cc2ccc(=O)n(-c3ccc(Cl)cc3)c2[nH]1)N1CCCC1. The number of H-pyrrole nitrogens is 1. The Labute approximate surface area is 143 Å². The quantitative estimate of drug-likeness (QED) is 0.778. The Balaban J connectivity index is 1.85. The van der Waals surface area contributed by atoms with E-state index in [2.05, 4.69) is 4.98 Å². The highest BCUT2D eigenvalue weighted by atomic mass is 35.5. The largest absolute Gasteiger partial charge is 0.337 e. The van der Waals surface area contributed by atoms with Crippen molar-refractivity contribution in [2.75, 3.05) is 13.1 Å². The topological polar surface area (TPSA) is 58.1 Å². The molecule has 0 aliphatic carbocycles. The Hall–Kier alpha value is -2.53. The lowest BCUT2D eigenvalue weighted by Crippen LogP contribution is -2.27. The van der Waals surface area contributed by atoms with Gasteiger partial charge in [0.2, 0.25) is 0 Å². The summed E-state index contributed by atoms with van der Waals surface area (Å²) < 4.78 is 1.56. The molecule has 2 aromatic heterocycles. The molecule has 0 unspecified atom stereocenters. The van der Waals surface area contributed by atoms with Crippen LogP contribution in [-0.2, 0) is 0 Å². The van der Waals surface area contributed by atoms with Crippen molar-refractivity contribution in [2.45, 2.75) is 12.8 Å². The van der Waals surface area contributed by atoms with Gasteiger partial charge in [-0.1, -0.05) is 11.6 Å². The highest BCUT2D eigenvalue weighted by Crippen LogP contribution is 2.21. The summed E-state index contributed by atoms with van der Waals surface area (Å²) in [6, 6.07) is 12.1. The standard InChI is InChI=1S/C18H16ClN3O2/c19-13-4-6-14(7-5-13)22-16(23)8-3-12-11-15(20-17(12)22)18(24)21-9-1-2-10-21/h3-8,11,20H,1-2,9-10H2. The average Bonchev–Trinajstić information content (AvgIpc) is 3.25. The van der Waals surface area contributed by atoms with Crippen LogP contribution in [0.1, 0.15) is 23.3 Å². The van der Waals surface area contributed by atoms with Crippen molar-refractivity contribution in [2.24, 2.45) is 0 Å². The molecule has 0 atom stereocenters. The third-order valence-electron chi connectivity index (χ3n) is 4.38. The van der Waals surface area contributed by atoms with Gasteiger partial charge in [0.05, 0.1) is 5.69 Å². The molecular formula is C18H16ClN3O2. The van der Waals surface area contributed by atoms with E-state index in [9.17, 15) is 9.59 Å². The normalized spacial score (nSPS) is 14.5. The lowest BCUT2D eigenvalue weighted by atomic mass is 10.2.